The summed E-state index contributed by atoms with van der Waals surface area (Å²) in [5, 5.41) is 5.64. The van der Waals surface area contributed by atoms with Gasteiger partial charge in [-0.25, -0.2) is 9.59 Å². The van der Waals surface area contributed by atoms with Crippen LogP contribution in [0.1, 0.15) is 45.2 Å². The quantitative estimate of drug-likeness (QED) is 0.482. The zero-order valence-electron chi connectivity index (χ0n) is 20.8. The van der Waals surface area contributed by atoms with E-state index in [9.17, 15) is 14.4 Å². The molecule has 1 fully saturated rings. The molecule has 2 heterocycles. The number of hydrogen-bond donors (Lipinski definition) is 2. The summed E-state index contributed by atoms with van der Waals surface area (Å²) >= 11 is 0. The minimum absolute atomic E-state index is 0.192. The van der Waals surface area contributed by atoms with Gasteiger partial charge in [0.05, 0.1) is 44.5 Å². The topological polar surface area (TPSA) is 115 Å². The largest absolute Gasteiger partial charge is 0.493 e. The number of likely N-dealkylation sites (tertiary alicyclic amines) is 1. The lowest BCUT2D eigenvalue weighted by Gasteiger charge is -2.35. The van der Waals surface area contributed by atoms with Crippen LogP contribution in [0, 0.1) is 5.92 Å². The van der Waals surface area contributed by atoms with Gasteiger partial charge in [-0.15, -0.1) is 0 Å². The highest BCUT2D eigenvalue weighted by Crippen LogP contribution is 2.35. The molecule has 1 aromatic rings. The van der Waals surface area contributed by atoms with Gasteiger partial charge in [-0.1, -0.05) is 6.07 Å². The molecule has 0 aromatic heterocycles. The van der Waals surface area contributed by atoms with E-state index in [0.29, 0.717) is 54.6 Å². The second kappa shape index (κ2) is 12.4. The predicted octanol–water partition coefficient (Wildman–Crippen LogP) is 2.54. The maximum atomic E-state index is 13.1. The molecular formula is C25H35N3O7. The van der Waals surface area contributed by atoms with Crippen molar-refractivity contribution in [2.45, 2.75) is 39.7 Å². The van der Waals surface area contributed by atoms with E-state index in [1.807, 2.05) is 6.92 Å². The molecule has 2 N–H and O–H groups in total. The first-order valence-electron chi connectivity index (χ1n) is 12.1. The van der Waals surface area contributed by atoms with Crippen molar-refractivity contribution in [1.82, 2.24) is 15.5 Å². The Morgan fingerprint density at radius 3 is 2.54 bits per heavy atom. The summed E-state index contributed by atoms with van der Waals surface area (Å²) in [7, 11) is 1.53. The number of carbonyl (C=O) groups excluding carboxylic acids is 3. The van der Waals surface area contributed by atoms with Crippen molar-refractivity contribution >= 4 is 18.0 Å². The number of methoxy groups -OCH3 is 1. The van der Waals surface area contributed by atoms with E-state index in [4.69, 9.17) is 18.9 Å². The lowest BCUT2D eigenvalue weighted by atomic mass is 9.93. The summed E-state index contributed by atoms with van der Waals surface area (Å²) in [6, 6.07) is 4.12. The highest BCUT2D eigenvalue weighted by molar-refractivity contribution is 5.95. The predicted molar refractivity (Wildman–Crippen MR) is 128 cm³/mol. The van der Waals surface area contributed by atoms with Gasteiger partial charge in [-0.05, 0) is 57.9 Å². The normalized spacial score (nSPS) is 20.5. The third-order valence-corrected chi connectivity index (χ3v) is 5.98. The molecule has 0 bridgehead atoms. The average Bonchev–Trinajstić information content (AvgIpc) is 2.84. The number of rotatable bonds is 10. The number of hydrogen-bond acceptors (Lipinski definition) is 8. The van der Waals surface area contributed by atoms with Crippen LogP contribution in [0.4, 0.5) is 4.79 Å². The van der Waals surface area contributed by atoms with Gasteiger partial charge in [0.2, 0.25) is 0 Å². The molecule has 2 aliphatic heterocycles. The van der Waals surface area contributed by atoms with Gasteiger partial charge >= 0.3 is 18.0 Å². The average molecular weight is 490 g/mol. The highest BCUT2D eigenvalue weighted by atomic mass is 16.5. The lowest BCUT2D eigenvalue weighted by molar-refractivity contribution is -0.150. The number of ether oxygens (including phenoxy) is 4. The van der Waals surface area contributed by atoms with E-state index in [-0.39, 0.29) is 18.5 Å². The first kappa shape index (κ1) is 26.3. The Morgan fingerprint density at radius 2 is 1.86 bits per heavy atom. The fraction of sp³-hybridized carbons (Fsp3) is 0.560. The molecule has 2 aliphatic rings. The fourth-order valence-corrected chi connectivity index (χ4v) is 4.46. The summed E-state index contributed by atoms with van der Waals surface area (Å²) in [5.74, 6) is 0.0886. The summed E-state index contributed by atoms with van der Waals surface area (Å²) < 4.78 is 21.6. The minimum Gasteiger partial charge on any atom is -0.493 e. The second-order valence-corrected chi connectivity index (χ2v) is 8.31. The zero-order chi connectivity index (χ0) is 25.4. The van der Waals surface area contributed by atoms with Crippen LogP contribution in [-0.4, -0.2) is 69.4 Å². The van der Waals surface area contributed by atoms with Gasteiger partial charge in [0.1, 0.15) is 0 Å². The monoisotopic (exact) mass is 489 g/mol. The van der Waals surface area contributed by atoms with Crippen LogP contribution < -0.4 is 20.1 Å². The zero-order valence-corrected chi connectivity index (χ0v) is 20.8. The van der Waals surface area contributed by atoms with Crippen LogP contribution in [0.2, 0.25) is 0 Å². The Morgan fingerprint density at radius 1 is 1.09 bits per heavy atom. The molecule has 2 amide bonds. The summed E-state index contributed by atoms with van der Waals surface area (Å²) in [6.45, 7) is 7.92. The van der Waals surface area contributed by atoms with Gasteiger partial charge in [-0.2, -0.15) is 0 Å². The van der Waals surface area contributed by atoms with Crippen LogP contribution >= 0.6 is 0 Å². The van der Waals surface area contributed by atoms with Crippen LogP contribution in [0.25, 0.3) is 0 Å². The van der Waals surface area contributed by atoms with E-state index in [1.54, 1.807) is 32.0 Å². The number of nitrogens with zero attached hydrogens (tertiary/aromatic N) is 1. The lowest BCUT2D eigenvalue weighted by Crippen LogP contribution is -2.50. The number of carbonyl (C=O) groups is 3. The van der Waals surface area contributed by atoms with Gasteiger partial charge in [0, 0.05) is 18.8 Å². The Bertz CT molecular complexity index is 962. The van der Waals surface area contributed by atoms with E-state index >= 15 is 0 Å². The molecular weight excluding hydrogens is 454 g/mol. The molecule has 10 nitrogen and oxygen atoms in total. The van der Waals surface area contributed by atoms with E-state index in [2.05, 4.69) is 15.5 Å². The third kappa shape index (κ3) is 6.45. The second-order valence-electron chi connectivity index (χ2n) is 8.31. The van der Waals surface area contributed by atoms with Crippen molar-refractivity contribution in [1.29, 1.82) is 0 Å². The maximum Gasteiger partial charge on any atom is 0.338 e. The van der Waals surface area contributed by atoms with Crippen molar-refractivity contribution in [3.05, 3.63) is 35.0 Å². The smallest absolute Gasteiger partial charge is 0.338 e. The standard InChI is InChI=1S/C25H35N3O7/c1-5-33-19-11-10-16(13-20(19)32-4)22-21(24(30)35-7-3)18(26-25(31)27-22)15-28-12-8-9-17(14-28)23(29)34-6-2/h10-11,13,17,22H,5-9,12,14-15H2,1-4H3,(H2,26,27,31). The van der Waals surface area contributed by atoms with Crippen LogP contribution in [0.3, 0.4) is 0 Å². The highest BCUT2D eigenvalue weighted by Gasteiger charge is 2.36. The number of amides is 2. The Labute approximate surface area is 205 Å². The molecule has 192 valence electrons. The number of urea groups is 1. The summed E-state index contributed by atoms with van der Waals surface area (Å²) in [4.78, 5) is 40.1. The minimum atomic E-state index is -0.743. The molecule has 35 heavy (non-hydrogen) atoms. The molecule has 2 unspecified atom stereocenters. The molecule has 0 radical (unpaired) electrons. The number of piperidine rings is 1. The van der Waals surface area contributed by atoms with Gasteiger partial charge in [-0.3, -0.25) is 9.69 Å². The van der Waals surface area contributed by atoms with Crippen molar-refractivity contribution in [2.24, 2.45) is 5.92 Å². The van der Waals surface area contributed by atoms with Gasteiger partial charge in [0.25, 0.3) is 0 Å². The first-order chi connectivity index (χ1) is 16.9. The summed E-state index contributed by atoms with van der Waals surface area (Å²) in [6.07, 6.45) is 1.57. The van der Waals surface area contributed by atoms with Crippen LogP contribution in [0.15, 0.2) is 29.5 Å². The maximum absolute atomic E-state index is 13.1. The molecule has 0 saturated carbocycles. The fourth-order valence-electron chi connectivity index (χ4n) is 4.46. The van der Waals surface area contributed by atoms with Crippen molar-refractivity contribution in [3.63, 3.8) is 0 Å². The molecule has 10 heteroatoms. The number of benzene rings is 1. The Balaban J connectivity index is 1.95. The Kier molecular flexibility index (Phi) is 9.36. The molecule has 1 saturated heterocycles. The van der Waals surface area contributed by atoms with Crippen molar-refractivity contribution in [3.8, 4) is 11.5 Å². The molecule has 0 aliphatic carbocycles. The SMILES string of the molecule is CCOC(=O)C1=C(CN2CCCC(C(=O)OCC)C2)NC(=O)NC1c1ccc(OCC)c(OC)c1. The van der Waals surface area contributed by atoms with Gasteiger partial charge < -0.3 is 29.6 Å². The molecule has 2 atom stereocenters. The first-order valence-corrected chi connectivity index (χ1v) is 12.1. The molecule has 3 rings (SSSR count). The van der Waals surface area contributed by atoms with Gasteiger partial charge in [0.15, 0.2) is 11.5 Å². The number of nitrogens with one attached hydrogen (secondary N) is 2. The van der Waals surface area contributed by atoms with E-state index < -0.39 is 18.0 Å². The molecule has 1 aromatic carbocycles. The van der Waals surface area contributed by atoms with Crippen molar-refractivity contribution < 1.29 is 33.3 Å². The third-order valence-electron chi connectivity index (χ3n) is 5.98. The van der Waals surface area contributed by atoms with Crippen LogP contribution in [-0.2, 0) is 19.1 Å². The Hall–Kier alpha value is -3.27. The van der Waals surface area contributed by atoms with E-state index in [1.165, 1.54) is 7.11 Å². The summed E-state index contributed by atoms with van der Waals surface area (Å²) in [5.41, 5.74) is 1.43. The van der Waals surface area contributed by atoms with Crippen molar-refractivity contribution in [2.75, 3.05) is 46.6 Å². The number of esters is 2. The van der Waals surface area contributed by atoms with E-state index in [0.717, 1.165) is 19.4 Å². The van der Waals surface area contributed by atoms with Crippen LogP contribution in [0.5, 0.6) is 11.5 Å². The molecule has 0 spiro atoms.